The molecule has 0 saturated carbocycles. The maximum atomic E-state index is 5.99. The predicted octanol–water partition coefficient (Wildman–Crippen LogP) is 6.03. The van der Waals surface area contributed by atoms with Crippen molar-refractivity contribution in [2.45, 2.75) is 19.8 Å². The van der Waals surface area contributed by atoms with Crippen molar-refractivity contribution in [1.29, 1.82) is 0 Å². The summed E-state index contributed by atoms with van der Waals surface area (Å²) < 4.78 is 0. The Labute approximate surface area is 164 Å². The molecule has 0 aliphatic carbocycles. The molecule has 2 aromatic heterocycles. The number of nitrogens with one attached hydrogen (secondary N) is 2. The number of rotatable bonds is 3. The number of aromatic nitrogens is 2. The highest BCUT2D eigenvalue weighted by atomic mass is 14.7. The zero-order valence-corrected chi connectivity index (χ0v) is 16.1. The molecule has 0 radical (unpaired) electrons. The van der Waals surface area contributed by atoms with Crippen molar-refractivity contribution in [2.75, 3.05) is 5.73 Å². The molecule has 5 rings (SSSR count). The van der Waals surface area contributed by atoms with E-state index in [4.69, 9.17) is 5.73 Å². The molecule has 2 heterocycles. The maximum Gasteiger partial charge on any atom is 0.0459 e. The second-order valence-corrected chi connectivity index (χ2v) is 7.52. The molecule has 0 aliphatic rings. The highest BCUT2D eigenvalue weighted by molar-refractivity contribution is 5.90. The van der Waals surface area contributed by atoms with Gasteiger partial charge in [0.05, 0.1) is 0 Å². The van der Waals surface area contributed by atoms with Gasteiger partial charge < -0.3 is 15.7 Å². The Morgan fingerprint density at radius 2 is 1.11 bits per heavy atom. The molecule has 0 saturated heterocycles. The summed E-state index contributed by atoms with van der Waals surface area (Å²) in [5, 5.41) is 2.54. The fourth-order valence-corrected chi connectivity index (χ4v) is 4.51. The molecule has 0 unspecified atom stereocenters. The second kappa shape index (κ2) is 6.31. The monoisotopic (exact) mass is 365 g/mol. The third-order valence-electron chi connectivity index (χ3n) is 5.73. The summed E-state index contributed by atoms with van der Waals surface area (Å²) in [5.41, 5.74) is 15.4. The number of fused-ring (bicyclic) bond motifs is 2. The molecule has 0 atom stereocenters. The van der Waals surface area contributed by atoms with Crippen LogP contribution in [-0.2, 0) is 0 Å². The van der Waals surface area contributed by atoms with E-state index < -0.39 is 0 Å². The third kappa shape index (κ3) is 2.51. The van der Waals surface area contributed by atoms with Crippen LogP contribution in [0.15, 0.2) is 72.8 Å². The van der Waals surface area contributed by atoms with Crippen LogP contribution in [0, 0.1) is 13.8 Å². The van der Waals surface area contributed by atoms with Crippen LogP contribution in [0.2, 0.25) is 0 Å². The van der Waals surface area contributed by atoms with Crippen molar-refractivity contribution < 1.29 is 0 Å². The summed E-state index contributed by atoms with van der Waals surface area (Å²) in [5.74, 6) is 0.118. The number of nitrogens with two attached hydrogens (primary N) is 1. The minimum Gasteiger partial charge on any atom is -0.399 e. The molecule has 4 N–H and O–H groups in total. The van der Waals surface area contributed by atoms with E-state index in [0.29, 0.717) is 0 Å². The van der Waals surface area contributed by atoms with Gasteiger partial charge in [0.15, 0.2) is 0 Å². The molecular formula is C25H23N3. The Kier molecular flexibility index (Phi) is 3.76. The molecule has 5 aromatic rings. The number of hydrogen-bond donors (Lipinski definition) is 3. The normalized spacial score (nSPS) is 11.7. The fourth-order valence-electron chi connectivity index (χ4n) is 4.51. The molecule has 0 aliphatic heterocycles. The van der Waals surface area contributed by atoms with Crippen LogP contribution < -0.4 is 5.73 Å². The number of nitrogen functional groups attached to an aromatic ring is 1. The van der Waals surface area contributed by atoms with Gasteiger partial charge in [-0.3, -0.25) is 0 Å². The van der Waals surface area contributed by atoms with Gasteiger partial charge >= 0.3 is 0 Å². The van der Waals surface area contributed by atoms with Crippen LogP contribution in [0.1, 0.15) is 34.0 Å². The fraction of sp³-hybridized carbons (Fsp3) is 0.120. The second-order valence-electron chi connectivity index (χ2n) is 7.52. The smallest absolute Gasteiger partial charge is 0.0459 e. The summed E-state index contributed by atoms with van der Waals surface area (Å²) in [7, 11) is 0. The van der Waals surface area contributed by atoms with Gasteiger partial charge in [-0.2, -0.15) is 0 Å². The van der Waals surface area contributed by atoms with Crippen molar-refractivity contribution in [3.8, 4) is 0 Å². The maximum absolute atomic E-state index is 5.99. The Morgan fingerprint density at radius 1 is 0.643 bits per heavy atom. The Hall–Kier alpha value is -3.46. The molecule has 3 heteroatoms. The summed E-state index contributed by atoms with van der Waals surface area (Å²) in [6.45, 7) is 4.34. The van der Waals surface area contributed by atoms with E-state index in [0.717, 1.165) is 5.69 Å². The molecule has 3 nitrogen and oxygen atoms in total. The van der Waals surface area contributed by atoms with Gasteiger partial charge in [0.1, 0.15) is 0 Å². The van der Waals surface area contributed by atoms with Gasteiger partial charge in [-0.1, -0.05) is 48.5 Å². The molecule has 0 bridgehead atoms. The first-order chi connectivity index (χ1) is 13.6. The molecular weight excluding hydrogens is 342 g/mol. The van der Waals surface area contributed by atoms with Crippen LogP contribution in [0.4, 0.5) is 5.69 Å². The average molecular weight is 365 g/mol. The number of anilines is 1. The first-order valence-corrected chi connectivity index (χ1v) is 9.63. The number of para-hydroxylation sites is 2. The van der Waals surface area contributed by atoms with Crippen LogP contribution in [0.25, 0.3) is 21.8 Å². The van der Waals surface area contributed by atoms with Crippen LogP contribution >= 0.6 is 0 Å². The highest BCUT2D eigenvalue weighted by Crippen LogP contribution is 2.42. The number of aromatic amines is 2. The van der Waals surface area contributed by atoms with E-state index in [-0.39, 0.29) is 5.92 Å². The van der Waals surface area contributed by atoms with E-state index >= 15 is 0 Å². The van der Waals surface area contributed by atoms with Gasteiger partial charge in [0.25, 0.3) is 0 Å². The van der Waals surface area contributed by atoms with Gasteiger partial charge in [-0.25, -0.2) is 0 Å². The molecule has 0 fully saturated rings. The van der Waals surface area contributed by atoms with E-state index in [1.54, 1.807) is 0 Å². The Morgan fingerprint density at radius 3 is 1.61 bits per heavy atom. The standard InChI is InChI=1S/C25H23N3/c1-15-23(19-7-3-5-9-21(19)27-15)25(17-11-13-18(26)14-12-17)24-16(2)28-22-10-6-4-8-20(22)24/h3-14,25,27-28H,26H2,1-2H3. The lowest BCUT2D eigenvalue weighted by atomic mass is 9.82. The van der Waals surface area contributed by atoms with Gasteiger partial charge in [-0.05, 0) is 54.8 Å². The number of hydrogen-bond acceptors (Lipinski definition) is 1. The molecule has 28 heavy (non-hydrogen) atoms. The van der Waals surface area contributed by atoms with Crippen molar-refractivity contribution in [2.24, 2.45) is 0 Å². The molecule has 0 spiro atoms. The SMILES string of the molecule is Cc1[nH]c2ccccc2c1C(c1ccc(N)cc1)c1c(C)[nH]c2ccccc12. The van der Waals surface area contributed by atoms with E-state index in [2.05, 4.69) is 84.5 Å². The van der Waals surface area contributed by atoms with Crippen molar-refractivity contribution >= 4 is 27.5 Å². The van der Waals surface area contributed by atoms with E-state index in [1.807, 2.05) is 12.1 Å². The zero-order valence-electron chi connectivity index (χ0n) is 16.1. The first kappa shape index (κ1) is 16.7. The number of H-pyrrole nitrogens is 2. The Bertz CT molecular complexity index is 1210. The third-order valence-corrected chi connectivity index (χ3v) is 5.73. The minimum absolute atomic E-state index is 0.118. The van der Waals surface area contributed by atoms with Crippen LogP contribution in [0.5, 0.6) is 0 Å². The van der Waals surface area contributed by atoms with Gasteiger partial charge in [-0.15, -0.1) is 0 Å². The Balaban J connectivity index is 1.87. The number of benzene rings is 3. The van der Waals surface area contributed by atoms with Crippen LogP contribution in [0.3, 0.4) is 0 Å². The number of aryl methyl sites for hydroxylation is 2. The lowest BCUT2D eigenvalue weighted by Crippen LogP contribution is -2.06. The van der Waals surface area contributed by atoms with Crippen molar-refractivity contribution in [3.05, 3.63) is 101 Å². The molecule has 0 amide bonds. The lowest BCUT2D eigenvalue weighted by Gasteiger charge is -2.20. The van der Waals surface area contributed by atoms with Gasteiger partial charge in [0.2, 0.25) is 0 Å². The largest absolute Gasteiger partial charge is 0.399 e. The summed E-state index contributed by atoms with van der Waals surface area (Å²) in [6.07, 6.45) is 0. The summed E-state index contributed by atoms with van der Waals surface area (Å²) in [4.78, 5) is 7.17. The van der Waals surface area contributed by atoms with Crippen molar-refractivity contribution in [1.82, 2.24) is 9.97 Å². The average Bonchev–Trinajstić information content (AvgIpc) is 3.20. The topological polar surface area (TPSA) is 57.6 Å². The van der Waals surface area contributed by atoms with Gasteiger partial charge in [0, 0.05) is 44.8 Å². The molecule has 138 valence electrons. The quantitative estimate of drug-likeness (QED) is 0.336. The van der Waals surface area contributed by atoms with Crippen molar-refractivity contribution in [3.63, 3.8) is 0 Å². The molecule has 3 aromatic carbocycles. The summed E-state index contributed by atoms with van der Waals surface area (Å²) >= 11 is 0. The van der Waals surface area contributed by atoms with E-state index in [1.165, 1.54) is 49.9 Å². The summed E-state index contributed by atoms with van der Waals surface area (Å²) in [6, 6.07) is 25.4. The van der Waals surface area contributed by atoms with Crippen LogP contribution in [-0.4, -0.2) is 9.97 Å². The minimum atomic E-state index is 0.118. The highest BCUT2D eigenvalue weighted by Gasteiger charge is 2.26. The van der Waals surface area contributed by atoms with E-state index in [9.17, 15) is 0 Å². The predicted molar refractivity (Wildman–Crippen MR) is 118 cm³/mol. The zero-order chi connectivity index (χ0) is 19.3. The first-order valence-electron chi connectivity index (χ1n) is 9.63. The lowest BCUT2D eigenvalue weighted by molar-refractivity contribution is 0.962.